The predicted molar refractivity (Wildman–Crippen MR) is 86.8 cm³/mol. The van der Waals surface area contributed by atoms with Gasteiger partial charge in [-0.05, 0) is 48.2 Å². The molecular weight excluding hydrogens is 308 g/mol. The van der Waals surface area contributed by atoms with Crippen molar-refractivity contribution in [2.45, 2.75) is 51.4 Å². The lowest BCUT2D eigenvalue weighted by Gasteiger charge is -2.45. The summed E-state index contributed by atoms with van der Waals surface area (Å²) < 4.78 is 0. The molecule has 2 saturated carbocycles. The van der Waals surface area contributed by atoms with Crippen molar-refractivity contribution < 1.29 is 25.2 Å². The molecule has 0 heterocycles. The summed E-state index contributed by atoms with van der Waals surface area (Å²) in [6.45, 7) is 5.54. The van der Waals surface area contributed by atoms with Crippen LogP contribution in [-0.2, 0) is 4.79 Å². The highest BCUT2D eigenvalue weighted by Crippen LogP contribution is 2.70. The lowest BCUT2D eigenvalue weighted by molar-refractivity contribution is -0.181. The summed E-state index contributed by atoms with van der Waals surface area (Å²) in [5.74, 6) is -0.0194. The van der Waals surface area contributed by atoms with Gasteiger partial charge < -0.3 is 20.4 Å². The second kappa shape index (κ2) is 4.58. The van der Waals surface area contributed by atoms with Crippen molar-refractivity contribution in [2.75, 3.05) is 6.61 Å². The van der Waals surface area contributed by atoms with Crippen LogP contribution >= 0.6 is 0 Å². The zero-order chi connectivity index (χ0) is 17.7. The minimum atomic E-state index is -2.00. The van der Waals surface area contributed by atoms with Crippen LogP contribution in [-0.4, -0.2) is 50.6 Å². The van der Waals surface area contributed by atoms with Gasteiger partial charge in [-0.2, -0.15) is 0 Å². The van der Waals surface area contributed by atoms with Crippen molar-refractivity contribution in [3.8, 4) is 0 Å². The predicted octanol–water partition coefficient (Wildman–Crippen LogP) is 0.569. The smallest absolute Gasteiger partial charge is 0.153 e. The summed E-state index contributed by atoms with van der Waals surface area (Å²) in [7, 11) is 0. The third kappa shape index (κ3) is 1.57. The lowest BCUT2D eigenvalue weighted by atomic mass is 9.63. The maximum Gasteiger partial charge on any atom is 0.153 e. The first-order valence-corrected chi connectivity index (χ1v) is 8.76. The molecule has 0 aromatic rings. The van der Waals surface area contributed by atoms with Gasteiger partial charge in [0.1, 0.15) is 17.8 Å². The van der Waals surface area contributed by atoms with Gasteiger partial charge in [0.25, 0.3) is 0 Å². The Kier molecular flexibility index (Phi) is 3.14. The number of fused-ring (bicyclic) bond motifs is 3. The second-order valence-electron chi connectivity index (χ2n) is 8.77. The fourth-order valence-electron chi connectivity index (χ4n) is 6.05. The molecule has 5 nitrogen and oxygen atoms in total. The molecule has 2 fully saturated rings. The summed E-state index contributed by atoms with van der Waals surface area (Å²) in [5.41, 5.74) is -2.49. The highest BCUT2D eigenvalue weighted by atomic mass is 16.4. The number of carbonyl (C=O) groups is 1. The molecule has 4 rings (SSSR count). The summed E-state index contributed by atoms with van der Waals surface area (Å²) in [5, 5.41) is 42.6. The molecule has 4 aliphatic rings. The van der Waals surface area contributed by atoms with E-state index in [1.165, 1.54) is 0 Å². The molecular formula is C19H26O5. The summed E-state index contributed by atoms with van der Waals surface area (Å²) in [4.78, 5) is 13.5. The molecule has 0 aliphatic heterocycles. The number of hydrogen-bond donors (Lipinski definition) is 4. The molecule has 5 heteroatoms. The van der Waals surface area contributed by atoms with Crippen molar-refractivity contribution in [3.63, 3.8) is 0 Å². The molecule has 7 atom stereocenters. The highest BCUT2D eigenvalue weighted by molar-refractivity contribution is 5.95. The average Bonchev–Trinajstić information content (AvgIpc) is 3.07. The highest BCUT2D eigenvalue weighted by Gasteiger charge is 2.73. The van der Waals surface area contributed by atoms with Gasteiger partial charge in [-0.3, -0.25) is 4.79 Å². The van der Waals surface area contributed by atoms with Crippen molar-refractivity contribution in [3.05, 3.63) is 23.3 Å². The van der Waals surface area contributed by atoms with E-state index in [9.17, 15) is 25.2 Å². The van der Waals surface area contributed by atoms with Crippen LogP contribution < -0.4 is 0 Å². The lowest BCUT2D eigenvalue weighted by Crippen LogP contribution is -2.63. The van der Waals surface area contributed by atoms with Gasteiger partial charge in [0.2, 0.25) is 0 Å². The van der Waals surface area contributed by atoms with Gasteiger partial charge in [-0.15, -0.1) is 0 Å². The third-order valence-corrected chi connectivity index (χ3v) is 7.50. The molecule has 0 saturated heterocycles. The van der Waals surface area contributed by atoms with Gasteiger partial charge in [0.15, 0.2) is 5.78 Å². The molecule has 4 N–H and O–H groups in total. The standard InChI is InChI=1S/C19H26O5/c1-9-7-18-5-4-12-13(17(12,2)3)11(16(18)23)6-10(8-20)15(22)19(18,24)14(9)21/h6-7,11-15,20-22,24H,4-5,8H2,1-3H3/t11-,12+,13-,14-,15+,18+,19+/m0/s1. The van der Waals surface area contributed by atoms with Crippen molar-refractivity contribution in [2.24, 2.45) is 28.6 Å². The normalized spacial score (nSPS) is 51.8. The van der Waals surface area contributed by atoms with Gasteiger partial charge in [-0.25, -0.2) is 0 Å². The average molecular weight is 334 g/mol. The van der Waals surface area contributed by atoms with E-state index < -0.39 is 35.7 Å². The van der Waals surface area contributed by atoms with E-state index in [1.807, 2.05) is 0 Å². The van der Waals surface area contributed by atoms with Crippen LogP contribution in [0.5, 0.6) is 0 Å². The molecule has 0 aromatic carbocycles. The van der Waals surface area contributed by atoms with E-state index in [0.717, 1.165) is 6.42 Å². The van der Waals surface area contributed by atoms with Crippen LogP contribution in [0, 0.1) is 28.6 Å². The monoisotopic (exact) mass is 334 g/mol. The number of rotatable bonds is 1. The number of carbonyl (C=O) groups excluding carboxylic acids is 1. The Labute approximate surface area is 141 Å². The van der Waals surface area contributed by atoms with Gasteiger partial charge in [0, 0.05) is 5.92 Å². The maximum atomic E-state index is 13.5. The molecule has 1 spiro atoms. The van der Waals surface area contributed by atoms with Crippen molar-refractivity contribution >= 4 is 5.78 Å². The summed E-state index contributed by atoms with van der Waals surface area (Å²) in [6.07, 6.45) is 1.78. The van der Waals surface area contributed by atoms with Crippen molar-refractivity contribution in [1.29, 1.82) is 0 Å². The van der Waals surface area contributed by atoms with Gasteiger partial charge >= 0.3 is 0 Å². The molecule has 2 bridgehead atoms. The van der Waals surface area contributed by atoms with Crippen LogP contribution in [0.25, 0.3) is 0 Å². The van der Waals surface area contributed by atoms with Gasteiger partial charge in [-0.1, -0.05) is 26.0 Å². The van der Waals surface area contributed by atoms with Crippen LogP contribution in [0.1, 0.15) is 33.6 Å². The Balaban J connectivity index is 1.95. The molecule has 0 radical (unpaired) electrons. The fourth-order valence-corrected chi connectivity index (χ4v) is 6.05. The Bertz CT molecular complexity index is 677. The van der Waals surface area contributed by atoms with Crippen LogP contribution in [0.15, 0.2) is 23.3 Å². The first-order valence-electron chi connectivity index (χ1n) is 8.76. The van der Waals surface area contributed by atoms with E-state index in [4.69, 9.17) is 0 Å². The molecule has 4 aliphatic carbocycles. The van der Waals surface area contributed by atoms with Gasteiger partial charge in [0.05, 0.1) is 12.0 Å². The Morgan fingerprint density at radius 2 is 1.92 bits per heavy atom. The summed E-state index contributed by atoms with van der Waals surface area (Å²) in [6, 6.07) is 0. The van der Waals surface area contributed by atoms with E-state index >= 15 is 0 Å². The minimum absolute atomic E-state index is 0.0440. The number of Topliss-reactive ketones (excluding diaryl/α,β-unsaturated/α-hetero) is 1. The number of ketones is 1. The van der Waals surface area contributed by atoms with Crippen LogP contribution in [0.4, 0.5) is 0 Å². The van der Waals surface area contributed by atoms with E-state index in [0.29, 0.717) is 17.9 Å². The van der Waals surface area contributed by atoms with E-state index in [1.54, 1.807) is 19.1 Å². The van der Waals surface area contributed by atoms with E-state index in [-0.39, 0.29) is 22.7 Å². The number of allylic oxidation sites excluding steroid dienone is 1. The molecule has 24 heavy (non-hydrogen) atoms. The Morgan fingerprint density at radius 1 is 1.25 bits per heavy atom. The third-order valence-electron chi connectivity index (χ3n) is 7.50. The van der Waals surface area contributed by atoms with E-state index in [2.05, 4.69) is 13.8 Å². The quantitative estimate of drug-likeness (QED) is 0.526. The number of aliphatic hydroxyl groups is 4. The van der Waals surface area contributed by atoms with Crippen LogP contribution in [0.2, 0.25) is 0 Å². The maximum absolute atomic E-state index is 13.5. The molecule has 0 unspecified atom stereocenters. The molecule has 0 aromatic heterocycles. The topological polar surface area (TPSA) is 98.0 Å². The number of aliphatic hydroxyl groups excluding tert-OH is 3. The Morgan fingerprint density at radius 3 is 2.54 bits per heavy atom. The molecule has 0 amide bonds. The first kappa shape index (κ1) is 16.5. The van der Waals surface area contributed by atoms with Crippen molar-refractivity contribution in [1.82, 2.24) is 0 Å². The minimum Gasteiger partial charge on any atom is -0.392 e. The Hall–Kier alpha value is -1.01. The molecule has 132 valence electrons. The zero-order valence-electron chi connectivity index (χ0n) is 14.4. The largest absolute Gasteiger partial charge is 0.392 e. The summed E-state index contributed by atoms with van der Waals surface area (Å²) >= 11 is 0. The number of hydrogen-bond acceptors (Lipinski definition) is 5. The first-order chi connectivity index (χ1) is 11.1. The van der Waals surface area contributed by atoms with Crippen LogP contribution in [0.3, 0.4) is 0 Å². The second-order valence-corrected chi connectivity index (χ2v) is 8.77. The fraction of sp³-hybridized carbons (Fsp3) is 0.737. The zero-order valence-corrected chi connectivity index (χ0v) is 14.4. The SMILES string of the molecule is CC1=C[C@@]23CC[C@@H]4[C@H]([C@H](C=C(CO)[C@@H](O)[C@]2(O)[C@H]1O)C3=O)C4(C)C.